The largest absolute Gasteiger partial charge is 0.492 e. The minimum atomic E-state index is -0.642. The van der Waals surface area contributed by atoms with Crippen molar-refractivity contribution in [3.63, 3.8) is 0 Å². The third-order valence-electron chi connectivity index (χ3n) is 5.16. The van der Waals surface area contributed by atoms with Crippen LogP contribution in [0.3, 0.4) is 0 Å². The molecule has 0 aromatic heterocycles. The van der Waals surface area contributed by atoms with E-state index in [1.807, 2.05) is 24.3 Å². The molecular formula is C18H25BrN2O3. The molecule has 3 atom stereocenters. The van der Waals surface area contributed by atoms with Crippen LogP contribution in [0.1, 0.15) is 32.1 Å². The van der Waals surface area contributed by atoms with E-state index in [-0.39, 0.29) is 6.10 Å². The molecule has 3 unspecified atom stereocenters. The van der Waals surface area contributed by atoms with E-state index in [4.69, 9.17) is 15.2 Å². The molecule has 2 N–H and O–H groups in total. The molecule has 5 nitrogen and oxygen atoms in total. The zero-order chi connectivity index (χ0) is 16.9. The van der Waals surface area contributed by atoms with Gasteiger partial charge >= 0.3 is 6.09 Å². The van der Waals surface area contributed by atoms with E-state index in [2.05, 4.69) is 20.8 Å². The number of hydrogen-bond donors (Lipinski definition) is 1. The summed E-state index contributed by atoms with van der Waals surface area (Å²) in [5, 5.41) is 0. The molecule has 0 radical (unpaired) electrons. The highest BCUT2D eigenvalue weighted by molar-refractivity contribution is 9.10. The molecule has 0 bridgehead atoms. The molecule has 2 fully saturated rings. The first-order valence-corrected chi connectivity index (χ1v) is 9.51. The number of fused-ring (bicyclic) bond motifs is 1. The molecule has 1 heterocycles. The SMILES string of the molecule is NC(=O)OC1CCN(CCOc2ccc(Br)cc2)C2CCCCC12. The van der Waals surface area contributed by atoms with Crippen molar-refractivity contribution in [3.05, 3.63) is 28.7 Å². The number of benzene rings is 1. The molecule has 1 saturated heterocycles. The summed E-state index contributed by atoms with van der Waals surface area (Å²) in [6, 6.07) is 8.39. The zero-order valence-corrected chi connectivity index (χ0v) is 15.4. The average molecular weight is 397 g/mol. The first-order chi connectivity index (χ1) is 11.6. The second-order valence-electron chi connectivity index (χ2n) is 6.62. The van der Waals surface area contributed by atoms with Crippen molar-refractivity contribution in [2.75, 3.05) is 19.7 Å². The minimum absolute atomic E-state index is 0.0172. The Hall–Kier alpha value is -1.27. The quantitative estimate of drug-likeness (QED) is 0.825. The fourth-order valence-corrected chi connectivity index (χ4v) is 4.35. The van der Waals surface area contributed by atoms with Gasteiger partial charge < -0.3 is 15.2 Å². The number of hydrogen-bond acceptors (Lipinski definition) is 4. The van der Waals surface area contributed by atoms with Crippen LogP contribution >= 0.6 is 15.9 Å². The second-order valence-corrected chi connectivity index (χ2v) is 7.53. The van der Waals surface area contributed by atoms with Crippen LogP contribution in [-0.2, 0) is 4.74 Å². The van der Waals surface area contributed by atoms with E-state index in [9.17, 15) is 4.79 Å². The second kappa shape index (κ2) is 8.21. The summed E-state index contributed by atoms with van der Waals surface area (Å²) in [5.41, 5.74) is 5.24. The fourth-order valence-electron chi connectivity index (χ4n) is 4.08. The fraction of sp³-hybridized carbons (Fsp3) is 0.611. The van der Waals surface area contributed by atoms with E-state index in [1.165, 1.54) is 19.3 Å². The molecule has 1 aliphatic heterocycles. The van der Waals surface area contributed by atoms with Crippen molar-refractivity contribution in [2.45, 2.75) is 44.2 Å². The standard InChI is InChI=1S/C18H25BrN2O3/c19-13-5-7-14(8-6-13)23-12-11-21-10-9-17(24-18(20)22)15-3-1-2-4-16(15)21/h5-8,15-17H,1-4,9-12H2,(H2,20,22). The lowest BCUT2D eigenvalue weighted by atomic mass is 9.76. The first-order valence-electron chi connectivity index (χ1n) is 8.72. The van der Waals surface area contributed by atoms with Gasteiger partial charge in [-0.25, -0.2) is 4.79 Å². The Morgan fingerprint density at radius 3 is 2.71 bits per heavy atom. The lowest BCUT2D eigenvalue weighted by Gasteiger charge is -2.47. The van der Waals surface area contributed by atoms with E-state index in [0.717, 1.165) is 36.2 Å². The maximum atomic E-state index is 11.1. The number of amides is 1. The van der Waals surface area contributed by atoms with Crippen LogP contribution in [0, 0.1) is 5.92 Å². The van der Waals surface area contributed by atoms with Gasteiger partial charge in [0.25, 0.3) is 0 Å². The van der Waals surface area contributed by atoms with Gasteiger partial charge in [-0.2, -0.15) is 0 Å². The third-order valence-corrected chi connectivity index (χ3v) is 5.69. The molecule has 0 spiro atoms. The van der Waals surface area contributed by atoms with Gasteiger partial charge in [0.1, 0.15) is 18.5 Å². The number of carbonyl (C=O) groups is 1. The van der Waals surface area contributed by atoms with Gasteiger partial charge in [-0.1, -0.05) is 28.8 Å². The number of ether oxygens (including phenoxy) is 2. The molecule has 6 heteroatoms. The number of piperidine rings is 1. The number of likely N-dealkylation sites (tertiary alicyclic amines) is 1. The van der Waals surface area contributed by atoms with Gasteiger partial charge in [0.05, 0.1) is 0 Å². The third kappa shape index (κ3) is 4.42. The van der Waals surface area contributed by atoms with E-state index < -0.39 is 6.09 Å². The van der Waals surface area contributed by atoms with Crippen molar-refractivity contribution in [2.24, 2.45) is 11.7 Å². The normalized spacial score (nSPS) is 27.3. The van der Waals surface area contributed by atoms with Crippen LogP contribution in [0.25, 0.3) is 0 Å². The molecule has 2 aliphatic rings. The number of nitrogens with two attached hydrogens (primary N) is 1. The van der Waals surface area contributed by atoms with Crippen molar-refractivity contribution in [3.8, 4) is 5.75 Å². The van der Waals surface area contributed by atoms with E-state index >= 15 is 0 Å². The predicted octanol–water partition coefficient (Wildman–Crippen LogP) is 3.56. The molecule has 1 aromatic carbocycles. The van der Waals surface area contributed by atoms with Gasteiger partial charge in [-0.15, -0.1) is 0 Å². The highest BCUT2D eigenvalue weighted by Crippen LogP contribution is 2.36. The Balaban J connectivity index is 1.54. The number of carbonyl (C=O) groups excluding carboxylic acids is 1. The smallest absolute Gasteiger partial charge is 0.404 e. The van der Waals surface area contributed by atoms with Gasteiger partial charge in [0.15, 0.2) is 0 Å². The Labute approximate surface area is 151 Å². The Morgan fingerprint density at radius 1 is 1.21 bits per heavy atom. The number of rotatable bonds is 5. The summed E-state index contributed by atoms with van der Waals surface area (Å²) < 4.78 is 12.3. The van der Waals surface area contributed by atoms with E-state index in [0.29, 0.717) is 18.6 Å². The number of primary amides is 1. The molecule has 1 amide bonds. The summed E-state index contributed by atoms with van der Waals surface area (Å²) in [4.78, 5) is 13.6. The number of nitrogens with zero attached hydrogens (tertiary/aromatic N) is 1. The molecule has 1 aromatic rings. The van der Waals surface area contributed by atoms with Crippen LogP contribution in [0.4, 0.5) is 4.79 Å². The summed E-state index contributed by atoms with van der Waals surface area (Å²) in [7, 11) is 0. The zero-order valence-electron chi connectivity index (χ0n) is 13.8. The summed E-state index contributed by atoms with van der Waals surface area (Å²) in [5.74, 6) is 1.30. The number of halogens is 1. The molecule has 3 rings (SSSR count). The van der Waals surface area contributed by atoms with Gasteiger partial charge in [-0.3, -0.25) is 4.90 Å². The van der Waals surface area contributed by atoms with Crippen LogP contribution in [-0.4, -0.2) is 42.8 Å². The van der Waals surface area contributed by atoms with Gasteiger partial charge in [0, 0.05) is 29.5 Å². The van der Waals surface area contributed by atoms with Gasteiger partial charge in [-0.05, 0) is 43.5 Å². The van der Waals surface area contributed by atoms with Crippen molar-refractivity contribution in [1.29, 1.82) is 0 Å². The maximum Gasteiger partial charge on any atom is 0.404 e. The highest BCUT2D eigenvalue weighted by atomic mass is 79.9. The minimum Gasteiger partial charge on any atom is -0.492 e. The predicted molar refractivity (Wildman–Crippen MR) is 96.0 cm³/mol. The average Bonchev–Trinajstić information content (AvgIpc) is 2.58. The summed E-state index contributed by atoms with van der Waals surface area (Å²) >= 11 is 3.43. The highest BCUT2D eigenvalue weighted by Gasteiger charge is 2.40. The van der Waals surface area contributed by atoms with Gasteiger partial charge in [0.2, 0.25) is 0 Å². The van der Waals surface area contributed by atoms with Crippen LogP contribution < -0.4 is 10.5 Å². The monoisotopic (exact) mass is 396 g/mol. The van der Waals surface area contributed by atoms with E-state index in [1.54, 1.807) is 0 Å². The molecular weight excluding hydrogens is 372 g/mol. The van der Waals surface area contributed by atoms with Crippen molar-refractivity contribution in [1.82, 2.24) is 4.90 Å². The molecule has 132 valence electrons. The topological polar surface area (TPSA) is 64.8 Å². The Kier molecular flexibility index (Phi) is 6.00. The first kappa shape index (κ1) is 17.5. The lowest BCUT2D eigenvalue weighted by molar-refractivity contribution is -0.0443. The lowest BCUT2D eigenvalue weighted by Crippen LogP contribution is -2.54. The van der Waals surface area contributed by atoms with Crippen LogP contribution in [0.5, 0.6) is 5.75 Å². The molecule has 1 saturated carbocycles. The Morgan fingerprint density at radius 2 is 1.96 bits per heavy atom. The molecule has 1 aliphatic carbocycles. The molecule has 24 heavy (non-hydrogen) atoms. The Bertz CT molecular complexity index is 552. The van der Waals surface area contributed by atoms with Crippen molar-refractivity contribution >= 4 is 22.0 Å². The summed E-state index contributed by atoms with van der Waals surface area (Å²) in [6.07, 6.45) is 4.95. The van der Waals surface area contributed by atoms with Crippen molar-refractivity contribution < 1.29 is 14.3 Å². The van der Waals surface area contributed by atoms with Crippen LogP contribution in [0.2, 0.25) is 0 Å². The maximum absolute atomic E-state index is 11.1. The van der Waals surface area contributed by atoms with Crippen LogP contribution in [0.15, 0.2) is 28.7 Å². The summed E-state index contributed by atoms with van der Waals surface area (Å²) in [6.45, 7) is 2.51.